The average Bonchev–Trinajstić information content (AvgIpc) is 3.33. The van der Waals surface area contributed by atoms with Crippen LogP contribution >= 0.6 is 17.2 Å². The van der Waals surface area contributed by atoms with Crippen LogP contribution in [0.2, 0.25) is 0 Å². The number of ether oxygens (including phenoxy) is 3. The van der Waals surface area contributed by atoms with E-state index in [-0.39, 0.29) is 22.9 Å². The molecule has 0 fully saturated rings. The van der Waals surface area contributed by atoms with E-state index in [1.807, 2.05) is 44.2 Å². The summed E-state index contributed by atoms with van der Waals surface area (Å²) in [6.07, 6.45) is 19.4. The highest BCUT2D eigenvalue weighted by Crippen LogP contribution is 2.43. The maximum absolute atomic E-state index is 13.6. The molecule has 1 aliphatic rings. The molecule has 0 bridgehead atoms. The molecule has 0 heterocycles. The van der Waals surface area contributed by atoms with Gasteiger partial charge < -0.3 is 28.2 Å². The second-order valence-corrected chi connectivity index (χ2v) is 20.2. The zero-order valence-electron chi connectivity index (χ0n) is 44.5. The van der Waals surface area contributed by atoms with E-state index >= 15 is 0 Å². The summed E-state index contributed by atoms with van der Waals surface area (Å²) in [5.41, 5.74) is 7.13. The van der Waals surface area contributed by atoms with Crippen molar-refractivity contribution < 1.29 is 32.9 Å². The molecule has 7 nitrogen and oxygen atoms in total. The summed E-state index contributed by atoms with van der Waals surface area (Å²) in [6.45, 7) is 32.0. The van der Waals surface area contributed by atoms with Gasteiger partial charge in [-0.05, 0) is 127 Å². The van der Waals surface area contributed by atoms with Crippen molar-refractivity contribution in [2.24, 2.45) is 17.3 Å². The molecule has 0 saturated carbocycles. The Morgan fingerprint density at radius 1 is 0.826 bits per heavy atom. The number of aryl methyl sites for hydroxylation is 2. The molecule has 1 aliphatic carbocycles. The molecule has 376 valence electrons. The van der Waals surface area contributed by atoms with Gasteiger partial charge in [0, 0.05) is 17.0 Å². The summed E-state index contributed by atoms with van der Waals surface area (Å²) >= 11 is 0. The molecule has 5 rings (SSSR count). The Morgan fingerprint density at radius 3 is 1.96 bits per heavy atom. The van der Waals surface area contributed by atoms with E-state index in [0.29, 0.717) is 46.1 Å². The van der Waals surface area contributed by atoms with Crippen molar-refractivity contribution in [2.75, 3.05) is 27.2 Å². The molecule has 1 N–H and O–H groups in total. The van der Waals surface area contributed by atoms with Crippen molar-refractivity contribution in [2.45, 2.75) is 121 Å². The van der Waals surface area contributed by atoms with Crippen molar-refractivity contribution in [3.05, 3.63) is 179 Å². The maximum Gasteiger partial charge on any atom is 0.460 e. The van der Waals surface area contributed by atoms with Crippen LogP contribution in [0.25, 0.3) is 0 Å². The number of hydrogen-bond donors (Lipinski definition) is 1. The second kappa shape index (κ2) is 32.1. The predicted molar refractivity (Wildman–Crippen MR) is 297 cm³/mol. The Morgan fingerprint density at radius 2 is 1.42 bits per heavy atom. The summed E-state index contributed by atoms with van der Waals surface area (Å²) in [6, 6.07) is 26.4. The Labute approximate surface area is 421 Å². The molecule has 9 heteroatoms. The molecule has 0 amide bonds. The topological polar surface area (TPSA) is 83.5 Å². The lowest BCUT2D eigenvalue weighted by Gasteiger charge is -2.36. The number of para-hydroxylation sites is 1. The maximum atomic E-state index is 13.6. The van der Waals surface area contributed by atoms with E-state index in [9.17, 15) is 9.69 Å². The highest BCUT2D eigenvalue weighted by atomic mass is 31.2. The van der Waals surface area contributed by atoms with Crippen LogP contribution in [0.15, 0.2) is 145 Å². The van der Waals surface area contributed by atoms with E-state index in [1.54, 1.807) is 43.5 Å². The Kier molecular flexibility index (Phi) is 28.0. The second-order valence-electron chi connectivity index (χ2n) is 18.3. The fourth-order valence-corrected chi connectivity index (χ4v) is 8.36. The minimum absolute atomic E-state index is 0.193. The lowest BCUT2D eigenvalue weighted by Crippen LogP contribution is -2.28. The number of rotatable bonds is 20. The average molecular weight is 979 g/mol. The first-order chi connectivity index (χ1) is 32.9. The highest BCUT2D eigenvalue weighted by molar-refractivity contribution is 7.41. The molecule has 4 aromatic carbocycles. The third kappa shape index (κ3) is 19.8. The van der Waals surface area contributed by atoms with E-state index in [1.165, 1.54) is 29.6 Å². The van der Waals surface area contributed by atoms with Gasteiger partial charge in [0.15, 0.2) is 5.78 Å². The first kappa shape index (κ1) is 60.2. The van der Waals surface area contributed by atoms with Crippen LogP contribution in [0.5, 0.6) is 23.0 Å². The van der Waals surface area contributed by atoms with E-state index < -0.39 is 8.60 Å². The Hall–Kier alpha value is -4.93. The standard InChI is InChI=1S/C27H31O6P.C12H21OP.C11H18.C10H14/c1-6-9-19-16-20(30-4)12-14-23(19)27(28)24-15-13-21(31-5)17-26(24)33-34(29)32-25-11-8-7-10-22(25)18(2)3;1-10(2)12(3)8-6-5-7-11(12)13-9-14-4;1-5-7-9-11(8-6-2)10(3)4;1-8(2)10-7-5-4-6-9(10)3/h7-8,10-18,29H,6,9H2,1-5H3;5-7,10,14H,8-9H2,1-4H3;6-10H,2,5H2,1,3-4H3;4-8H,1-3H3/b;;9-7-,11-8+;. The highest BCUT2D eigenvalue weighted by Gasteiger charge is 2.34. The fraction of sp³-hybridized carbons (Fsp3) is 0.417. The lowest BCUT2D eigenvalue weighted by atomic mass is 9.73. The van der Waals surface area contributed by atoms with Crippen LogP contribution in [-0.2, 0) is 11.2 Å². The van der Waals surface area contributed by atoms with Gasteiger partial charge in [-0.15, -0.1) is 0 Å². The normalized spacial score (nSPS) is 14.9. The van der Waals surface area contributed by atoms with Crippen LogP contribution in [0.3, 0.4) is 0 Å². The molecule has 0 radical (unpaired) electrons. The fourth-order valence-electron chi connectivity index (χ4n) is 7.37. The van der Waals surface area contributed by atoms with E-state index in [0.717, 1.165) is 51.7 Å². The molecule has 0 saturated heterocycles. The summed E-state index contributed by atoms with van der Waals surface area (Å²) in [4.78, 5) is 24.2. The van der Waals surface area contributed by atoms with Crippen LogP contribution in [0.1, 0.15) is 145 Å². The predicted octanol–water partition coefficient (Wildman–Crippen LogP) is 17.3. The largest absolute Gasteiger partial charge is 0.497 e. The SMILES string of the molecule is C=C/C=C(\C=C/CC)C(C)C.CCCc1cc(OC)ccc1C(=O)c1ccc(OC)cc1OP(O)Oc1ccccc1C(C)C.CPCOC1=CC=CCC1(C)C(C)C.Cc1ccccc1C(C)C. The van der Waals surface area contributed by atoms with Crippen molar-refractivity contribution in [1.82, 2.24) is 0 Å². The molecule has 3 atom stereocenters. The molecule has 0 aliphatic heterocycles. The van der Waals surface area contributed by atoms with Crippen LogP contribution < -0.4 is 18.5 Å². The number of ketones is 1. The summed E-state index contributed by atoms with van der Waals surface area (Å²) in [5, 5.41) is 0. The van der Waals surface area contributed by atoms with Gasteiger partial charge in [0.1, 0.15) is 35.1 Å². The van der Waals surface area contributed by atoms with Crippen LogP contribution in [0.4, 0.5) is 0 Å². The van der Waals surface area contributed by atoms with Crippen molar-refractivity contribution in [1.29, 1.82) is 0 Å². The van der Waals surface area contributed by atoms with Gasteiger partial charge in [0.25, 0.3) is 0 Å². The van der Waals surface area contributed by atoms with Gasteiger partial charge in [-0.3, -0.25) is 4.79 Å². The number of methoxy groups -OCH3 is 2. The minimum Gasteiger partial charge on any atom is -0.497 e. The van der Waals surface area contributed by atoms with Crippen molar-refractivity contribution in [3.63, 3.8) is 0 Å². The van der Waals surface area contributed by atoms with Gasteiger partial charge in [0.05, 0.1) is 19.8 Å². The number of carbonyl (C=O) groups excluding carboxylic acids is 1. The number of allylic oxidation sites excluding steroid dienone is 9. The third-order valence-electron chi connectivity index (χ3n) is 11.9. The third-order valence-corrected chi connectivity index (χ3v) is 13.0. The molecular formula is C60H84O7P2. The van der Waals surface area contributed by atoms with Gasteiger partial charge in [-0.1, -0.05) is 177 Å². The first-order valence-electron chi connectivity index (χ1n) is 24.4. The van der Waals surface area contributed by atoms with Gasteiger partial charge in [0.2, 0.25) is 0 Å². The molecular weight excluding hydrogens is 895 g/mol. The van der Waals surface area contributed by atoms with Crippen LogP contribution in [0, 0.1) is 24.2 Å². The first-order valence-corrected chi connectivity index (χ1v) is 27.3. The minimum atomic E-state index is -2.35. The Balaban J connectivity index is 0.000000379. The summed E-state index contributed by atoms with van der Waals surface area (Å²) < 4.78 is 28.0. The van der Waals surface area contributed by atoms with Crippen molar-refractivity contribution >= 4 is 23.0 Å². The molecule has 4 aromatic rings. The molecule has 69 heavy (non-hydrogen) atoms. The number of benzene rings is 4. The Bertz CT molecular complexity index is 2290. The van der Waals surface area contributed by atoms with E-state index in [2.05, 4.69) is 143 Å². The molecule has 0 spiro atoms. The van der Waals surface area contributed by atoms with Crippen LogP contribution in [-0.4, -0.2) is 37.9 Å². The zero-order chi connectivity index (χ0) is 51.5. The van der Waals surface area contributed by atoms with Crippen molar-refractivity contribution in [3.8, 4) is 23.0 Å². The van der Waals surface area contributed by atoms with E-state index in [4.69, 9.17) is 23.3 Å². The number of carbonyl (C=O) groups is 1. The number of hydrogen-bond acceptors (Lipinski definition) is 7. The van der Waals surface area contributed by atoms with Gasteiger partial charge in [-0.2, -0.15) is 0 Å². The quantitative estimate of drug-likeness (QED) is 0.0536. The molecule has 0 aromatic heterocycles. The lowest BCUT2D eigenvalue weighted by molar-refractivity contribution is 0.103. The monoisotopic (exact) mass is 979 g/mol. The zero-order valence-corrected chi connectivity index (χ0v) is 46.4. The summed E-state index contributed by atoms with van der Waals surface area (Å²) in [5.74, 6) is 4.97. The van der Waals surface area contributed by atoms with Gasteiger partial charge in [-0.25, -0.2) is 0 Å². The summed E-state index contributed by atoms with van der Waals surface area (Å²) in [7, 11) is 1.64. The van der Waals surface area contributed by atoms with Gasteiger partial charge >= 0.3 is 8.60 Å². The molecule has 3 unspecified atom stereocenters. The smallest absolute Gasteiger partial charge is 0.460 e.